The molecule has 0 amide bonds. The minimum Gasteiger partial charge on any atom is -0.468 e. The Kier molecular flexibility index (Phi) is 3.79. The number of hydrogen-bond donors (Lipinski definition) is 1. The summed E-state index contributed by atoms with van der Waals surface area (Å²) in [5.41, 5.74) is 0.688. The standard InChI is InChI=1S/C14H14O4/c1-17-14(16)12(10-6-3-2-4-7-10)13(15)11-8-5-9-18-11/h2-9,12-13,15H,1H3/t12-,13+/m0/s1. The fourth-order valence-corrected chi connectivity index (χ4v) is 1.86. The first-order chi connectivity index (χ1) is 8.74. The van der Waals surface area contributed by atoms with Gasteiger partial charge in [-0.15, -0.1) is 0 Å². The molecule has 1 N–H and O–H groups in total. The Labute approximate surface area is 105 Å². The molecule has 4 nitrogen and oxygen atoms in total. The fraction of sp³-hybridized carbons (Fsp3) is 0.214. The molecule has 0 saturated carbocycles. The number of aliphatic hydroxyl groups is 1. The molecule has 1 aromatic carbocycles. The molecule has 0 aliphatic rings. The number of hydrogen-bond acceptors (Lipinski definition) is 4. The minimum absolute atomic E-state index is 0.342. The molecule has 94 valence electrons. The van der Waals surface area contributed by atoms with E-state index in [0.29, 0.717) is 11.3 Å². The molecule has 0 aliphatic heterocycles. The van der Waals surface area contributed by atoms with Gasteiger partial charge in [0.1, 0.15) is 17.8 Å². The number of rotatable bonds is 4. The van der Waals surface area contributed by atoms with Crippen molar-refractivity contribution in [2.75, 3.05) is 7.11 Å². The first kappa shape index (κ1) is 12.4. The third-order valence-electron chi connectivity index (χ3n) is 2.76. The van der Waals surface area contributed by atoms with E-state index < -0.39 is 18.0 Å². The maximum Gasteiger partial charge on any atom is 0.316 e. The van der Waals surface area contributed by atoms with Gasteiger partial charge in [-0.05, 0) is 17.7 Å². The zero-order valence-corrected chi connectivity index (χ0v) is 9.95. The van der Waals surface area contributed by atoms with Gasteiger partial charge in [-0.1, -0.05) is 30.3 Å². The number of esters is 1. The molecule has 18 heavy (non-hydrogen) atoms. The predicted molar refractivity (Wildman–Crippen MR) is 64.9 cm³/mol. The Balaban J connectivity index is 2.35. The van der Waals surface area contributed by atoms with Gasteiger partial charge in [-0.25, -0.2) is 0 Å². The number of furan rings is 1. The third kappa shape index (κ3) is 2.43. The summed E-state index contributed by atoms with van der Waals surface area (Å²) in [5.74, 6) is -0.943. The molecule has 2 atom stereocenters. The van der Waals surface area contributed by atoms with Gasteiger partial charge in [-0.3, -0.25) is 4.79 Å². The summed E-state index contributed by atoms with van der Waals surface area (Å²) >= 11 is 0. The summed E-state index contributed by atoms with van der Waals surface area (Å²) in [5, 5.41) is 10.2. The van der Waals surface area contributed by atoms with E-state index in [4.69, 9.17) is 9.15 Å². The maximum atomic E-state index is 11.8. The molecular formula is C14H14O4. The largest absolute Gasteiger partial charge is 0.468 e. The molecule has 1 heterocycles. The van der Waals surface area contributed by atoms with E-state index >= 15 is 0 Å². The molecule has 0 spiro atoms. The highest BCUT2D eigenvalue weighted by Crippen LogP contribution is 2.32. The Hall–Kier alpha value is -2.07. The summed E-state index contributed by atoms with van der Waals surface area (Å²) in [6.45, 7) is 0. The van der Waals surface area contributed by atoms with Crippen molar-refractivity contribution in [1.29, 1.82) is 0 Å². The number of methoxy groups -OCH3 is 1. The molecule has 0 unspecified atom stereocenters. The zero-order chi connectivity index (χ0) is 13.0. The monoisotopic (exact) mass is 246 g/mol. The van der Waals surface area contributed by atoms with Crippen molar-refractivity contribution in [3.63, 3.8) is 0 Å². The average Bonchev–Trinajstić information content (AvgIpc) is 2.94. The first-order valence-corrected chi connectivity index (χ1v) is 5.58. The molecule has 0 fully saturated rings. The van der Waals surface area contributed by atoms with Gasteiger partial charge in [-0.2, -0.15) is 0 Å². The van der Waals surface area contributed by atoms with Crippen LogP contribution in [-0.4, -0.2) is 18.2 Å². The molecule has 0 radical (unpaired) electrons. The lowest BCUT2D eigenvalue weighted by molar-refractivity contribution is -0.145. The summed E-state index contributed by atoms with van der Waals surface area (Å²) in [6.07, 6.45) is 0.396. The van der Waals surface area contributed by atoms with Gasteiger partial charge in [0.05, 0.1) is 13.4 Å². The molecular weight excluding hydrogens is 232 g/mol. The topological polar surface area (TPSA) is 59.7 Å². The van der Waals surface area contributed by atoms with Crippen LogP contribution in [0.25, 0.3) is 0 Å². The van der Waals surface area contributed by atoms with Crippen LogP contribution in [0.1, 0.15) is 23.3 Å². The number of carbonyl (C=O) groups excluding carboxylic acids is 1. The van der Waals surface area contributed by atoms with Crippen LogP contribution >= 0.6 is 0 Å². The van der Waals surface area contributed by atoms with Gasteiger partial charge in [0.25, 0.3) is 0 Å². The van der Waals surface area contributed by atoms with E-state index in [2.05, 4.69) is 0 Å². The van der Waals surface area contributed by atoms with Crippen molar-refractivity contribution < 1.29 is 19.1 Å². The summed E-state index contributed by atoms with van der Waals surface area (Å²) < 4.78 is 9.88. The van der Waals surface area contributed by atoms with Crippen LogP contribution in [0.15, 0.2) is 53.1 Å². The van der Waals surface area contributed by atoms with Gasteiger partial charge in [0, 0.05) is 0 Å². The SMILES string of the molecule is COC(=O)[C@@H](c1ccccc1)[C@H](O)c1ccco1. The smallest absolute Gasteiger partial charge is 0.316 e. The molecule has 0 aliphatic carbocycles. The highest BCUT2D eigenvalue weighted by atomic mass is 16.5. The van der Waals surface area contributed by atoms with E-state index in [1.807, 2.05) is 6.07 Å². The van der Waals surface area contributed by atoms with Crippen molar-refractivity contribution in [2.24, 2.45) is 0 Å². The normalized spacial score (nSPS) is 13.9. The molecule has 1 aromatic heterocycles. The lowest BCUT2D eigenvalue weighted by Crippen LogP contribution is -2.21. The van der Waals surface area contributed by atoms with Crippen LogP contribution in [0.2, 0.25) is 0 Å². The van der Waals surface area contributed by atoms with Crippen molar-refractivity contribution in [3.05, 3.63) is 60.1 Å². The molecule has 0 bridgehead atoms. The molecule has 0 saturated heterocycles. The molecule has 2 aromatic rings. The number of aliphatic hydroxyl groups excluding tert-OH is 1. The lowest BCUT2D eigenvalue weighted by Gasteiger charge is -2.19. The summed E-state index contributed by atoms with van der Waals surface area (Å²) in [7, 11) is 1.30. The van der Waals surface area contributed by atoms with Gasteiger partial charge < -0.3 is 14.3 Å². The van der Waals surface area contributed by atoms with Crippen LogP contribution in [0.4, 0.5) is 0 Å². The van der Waals surface area contributed by atoms with Crippen LogP contribution in [0.3, 0.4) is 0 Å². The minimum atomic E-state index is -1.06. The quantitative estimate of drug-likeness (QED) is 0.841. The Morgan fingerprint density at radius 1 is 1.22 bits per heavy atom. The predicted octanol–water partition coefficient (Wildman–Crippen LogP) is 2.27. The van der Waals surface area contributed by atoms with Crippen LogP contribution in [-0.2, 0) is 9.53 Å². The van der Waals surface area contributed by atoms with Crippen molar-refractivity contribution in [1.82, 2.24) is 0 Å². The lowest BCUT2D eigenvalue weighted by atomic mass is 9.92. The second-order valence-electron chi connectivity index (χ2n) is 3.87. The Morgan fingerprint density at radius 3 is 2.50 bits per heavy atom. The fourth-order valence-electron chi connectivity index (χ4n) is 1.86. The van der Waals surface area contributed by atoms with Crippen molar-refractivity contribution >= 4 is 5.97 Å². The van der Waals surface area contributed by atoms with Crippen LogP contribution < -0.4 is 0 Å². The van der Waals surface area contributed by atoms with Gasteiger partial charge in [0.15, 0.2) is 0 Å². The maximum absolute atomic E-state index is 11.8. The first-order valence-electron chi connectivity index (χ1n) is 5.58. The van der Waals surface area contributed by atoms with E-state index in [1.54, 1.807) is 36.4 Å². The van der Waals surface area contributed by atoms with E-state index in [-0.39, 0.29) is 0 Å². The van der Waals surface area contributed by atoms with E-state index in [0.717, 1.165) is 0 Å². The number of benzene rings is 1. The van der Waals surface area contributed by atoms with Crippen LogP contribution in [0.5, 0.6) is 0 Å². The number of carbonyl (C=O) groups is 1. The number of ether oxygens (including phenoxy) is 1. The Bertz CT molecular complexity index is 490. The second kappa shape index (κ2) is 5.51. The van der Waals surface area contributed by atoms with Gasteiger partial charge >= 0.3 is 5.97 Å². The molecule has 2 rings (SSSR count). The van der Waals surface area contributed by atoms with Crippen LogP contribution in [0, 0.1) is 0 Å². The van der Waals surface area contributed by atoms with Crippen molar-refractivity contribution in [2.45, 2.75) is 12.0 Å². The highest BCUT2D eigenvalue weighted by molar-refractivity contribution is 5.79. The van der Waals surface area contributed by atoms with Gasteiger partial charge in [0.2, 0.25) is 0 Å². The highest BCUT2D eigenvalue weighted by Gasteiger charge is 2.32. The molecule has 4 heteroatoms. The summed E-state index contributed by atoms with van der Waals surface area (Å²) in [6, 6.07) is 12.3. The average molecular weight is 246 g/mol. The van der Waals surface area contributed by atoms with Crippen molar-refractivity contribution in [3.8, 4) is 0 Å². The summed E-state index contributed by atoms with van der Waals surface area (Å²) in [4.78, 5) is 11.8. The third-order valence-corrected chi connectivity index (χ3v) is 2.76. The second-order valence-corrected chi connectivity index (χ2v) is 3.87. The van der Waals surface area contributed by atoms with E-state index in [1.165, 1.54) is 13.4 Å². The Morgan fingerprint density at radius 2 is 1.94 bits per heavy atom. The van der Waals surface area contributed by atoms with E-state index in [9.17, 15) is 9.90 Å². The zero-order valence-electron chi connectivity index (χ0n) is 9.95.